The van der Waals surface area contributed by atoms with E-state index in [0.717, 1.165) is 18.7 Å². The van der Waals surface area contributed by atoms with E-state index in [1.54, 1.807) is 0 Å². The van der Waals surface area contributed by atoms with E-state index >= 15 is 0 Å². The zero-order valence-electron chi connectivity index (χ0n) is 11.9. The molecule has 0 bridgehead atoms. The summed E-state index contributed by atoms with van der Waals surface area (Å²) in [7, 11) is 0. The molecule has 0 aromatic heterocycles. The van der Waals surface area contributed by atoms with Crippen LogP contribution in [0.5, 0.6) is 0 Å². The summed E-state index contributed by atoms with van der Waals surface area (Å²) in [6.45, 7) is 1.47. The molecule has 0 N–H and O–H groups in total. The highest BCUT2D eigenvalue weighted by molar-refractivity contribution is 5.32. The Morgan fingerprint density at radius 3 is 2.05 bits per heavy atom. The predicted molar refractivity (Wildman–Crippen MR) is 80.4 cm³/mol. The molecule has 0 spiro atoms. The molecule has 3 rings (SSSR count). The summed E-state index contributed by atoms with van der Waals surface area (Å²) < 4.78 is 26.6. The maximum absolute atomic E-state index is 13.4. The smallest absolute Gasteiger partial charge is 0.123 e. The number of rotatable bonds is 3. The van der Waals surface area contributed by atoms with Gasteiger partial charge in [-0.1, -0.05) is 42.5 Å². The molecule has 1 aliphatic rings. The number of benzene rings is 2. The van der Waals surface area contributed by atoms with Crippen LogP contribution in [0, 0.1) is 5.82 Å². The minimum Gasteiger partial charge on any atom is -0.292 e. The van der Waals surface area contributed by atoms with Crippen molar-refractivity contribution in [3.8, 4) is 0 Å². The van der Waals surface area contributed by atoms with Gasteiger partial charge in [-0.05, 0) is 36.1 Å². The van der Waals surface area contributed by atoms with Crippen molar-refractivity contribution in [3.05, 3.63) is 71.5 Å². The zero-order chi connectivity index (χ0) is 14.7. The van der Waals surface area contributed by atoms with Crippen LogP contribution >= 0.6 is 0 Å². The number of nitrogens with zero attached hydrogens (tertiary/aromatic N) is 1. The zero-order valence-corrected chi connectivity index (χ0v) is 11.9. The molecule has 1 unspecified atom stereocenters. The first-order valence-electron chi connectivity index (χ1n) is 7.42. The van der Waals surface area contributed by atoms with E-state index in [9.17, 15) is 8.78 Å². The van der Waals surface area contributed by atoms with Crippen LogP contribution in [-0.2, 0) is 0 Å². The fourth-order valence-corrected chi connectivity index (χ4v) is 3.02. The van der Waals surface area contributed by atoms with Crippen LogP contribution in [0.25, 0.3) is 0 Å². The van der Waals surface area contributed by atoms with Gasteiger partial charge in [-0.25, -0.2) is 8.78 Å². The van der Waals surface area contributed by atoms with Crippen molar-refractivity contribution in [1.29, 1.82) is 0 Å². The molecule has 0 aliphatic carbocycles. The Hall–Kier alpha value is -1.74. The predicted octanol–water partition coefficient (Wildman–Crippen LogP) is 4.35. The molecule has 1 heterocycles. The van der Waals surface area contributed by atoms with Crippen LogP contribution in [0.1, 0.15) is 30.0 Å². The number of alkyl halides is 1. The van der Waals surface area contributed by atoms with Crippen molar-refractivity contribution < 1.29 is 8.78 Å². The van der Waals surface area contributed by atoms with E-state index in [0.29, 0.717) is 12.8 Å². The van der Waals surface area contributed by atoms with E-state index in [2.05, 4.69) is 17.0 Å². The van der Waals surface area contributed by atoms with E-state index in [4.69, 9.17) is 0 Å². The third kappa shape index (κ3) is 3.30. The van der Waals surface area contributed by atoms with Crippen molar-refractivity contribution in [3.63, 3.8) is 0 Å². The second-order valence-electron chi connectivity index (χ2n) is 5.58. The number of halogens is 2. The summed E-state index contributed by atoms with van der Waals surface area (Å²) >= 11 is 0. The first-order valence-corrected chi connectivity index (χ1v) is 7.42. The van der Waals surface area contributed by atoms with Crippen LogP contribution in [-0.4, -0.2) is 24.2 Å². The van der Waals surface area contributed by atoms with Gasteiger partial charge in [-0.2, -0.15) is 0 Å². The lowest BCUT2D eigenvalue weighted by molar-refractivity contribution is 0.126. The van der Waals surface area contributed by atoms with Gasteiger partial charge in [0.1, 0.15) is 12.0 Å². The van der Waals surface area contributed by atoms with Crippen molar-refractivity contribution in [2.24, 2.45) is 0 Å². The largest absolute Gasteiger partial charge is 0.292 e. The third-order valence-electron chi connectivity index (χ3n) is 4.13. The molecule has 1 saturated heterocycles. The van der Waals surface area contributed by atoms with E-state index in [1.165, 1.54) is 17.7 Å². The van der Waals surface area contributed by atoms with Crippen molar-refractivity contribution in [2.45, 2.75) is 25.1 Å². The van der Waals surface area contributed by atoms with Gasteiger partial charge < -0.3 is 0 Å². The van der Waals surface area contributed by atoms with Gasteiger partial charge in [0.05, 0.1) is 6.04 Å². The summed E-state index contributed by atoms with van der Waals surface area (Å²) in [6, 6.07) is 16.9. The van der Waals surface area contributed by atoms with Crippen LogP contribution in [0.4, 0.5) is 8.78 Å². The number of hydrogen-bond acceptors (Lipinski definition) is 1. The minimum absolute atomic E-state index is 0.0688. The highest BCUT2D eigenvalue weighted by Crippen LogP contribution is 2.31. The summed E-state index contributed by atoms with van der Waals surface area (Å²) in [4.78, 5) is 2.29. The molecule has 2 aromatic rings. The lowest BCUT2D eigenvalue weighted by Crippen LogP contribution is -2.37. The lowest BCUT2D eigenvalue weighted by Gasteiger charge is -2.36. The SMILES string of the molecule is Fc1ccc(C(c2ccccc2)N2CCC(F)CC2)cc1. The second-order valence-corrected chi connectivity index (χ2v) is 5.58. The fraction of sp³-hybridized carbons (Fsp3) is 0.333. The molecule has 1 nitrogen and oxygen atoms in total. The van der Waals surface area contributed by atoms with Crippen LogP contribution in [0.3, 0.4) is 0 Å². The Balaban J connectivity index is 1.93. The first-order chi connectivity index (χ1) is 10.2. The molecule has 3 heteroatoms. The first kappa shape index (κ1) is 14.2. The standard InChI is InChI=1S/C18H19F2N/c19-16-8-6-15(7-9-16)18(14-4-2-1-3-5-14)21-12-10-17(20)11-13-21/h1-9,17-18H,10-13H2. The quantitative estimate of drug-likeness (QED) is 0.811. The molecular formula is C18H19F2N. The number of piperidine rings is 1. The van der Waals surface area contributed by atoms with Crippen molar-refractivity contribution >= 4 is 0 Å². The van der Waals surface area contributed by atoms with Crippen molar-refractivity contribution in [2.75, 3.05) is 13.1 Å². The van der Waals surface area contributed by atoms with Crippen LogP contribution < -0.4 is 0 Å². The molecular weight excluding hydrogens is 268 g/mol. The number of hydrogen-bond donors (Lipinski definition) is 0. The van der Waals surface area contributed by atoms with Crippen LogP contribution in [0.15, 0.2) is 54.6 Å². The Kier molecular flexibility index (Phi) is 4.30. The van der Waals surface area contributed by atoms with Gasteiger partial charge in [-0.3, -0.25) is 4.90 Å². The normalized spacial score (nSPS) is 18.6. The molecule has 110 valence electrons. The lowest BCUT2D eigenvalue weighted by atomic mass is 9.94. The Morgan fingerprint density at radius 2 is 1.43 bits per heavy atom. The highest BCUT2D eigenvalue weighted by Gasteiger charge is 2.27. The molecule has 1 aliphatic heterocycles. The number of likely N-dealkylation sites (tertiary alicyclic amines) is 1. The summed E-state index contributed by atoms with van der Waals surface area (Å²) in [6.07, 6.45) is 0.459. The minimum atomic E-state index is -0.689. The van der Waals surface area contributed by atoms with Gasteiger partial charge in [0.25, 0.3) is 0 Å². The van der Waals surface area contributed by atoms with E-state index in [-0.39, 0.29) is 11.9 Å². The molecule has 0 radical (unpaired) electrons. The summed E-state index contributed by atoms with van der Waals surface area (Å²) in [5, 5.41) is 0. The van der Waals surface area contributed by atoms with Gasteiger partial charge in [0, 0.05) is 13.1 Å². The van der Waals surface area contributed by atoms with Crippen LogP contribution in [0.2, 0.25) is 0 Å². The molecule has 1 fully saturated rings. The molecule has 0 amide bonds. The molecule has 2 aromatic carbocycles. The Bertz CT molecular complexity index is 560. The maximum atomic E-state index is 13.4. The third-order valence-corrected chi connectivity index (χ3v) is 4.13. The molecule has 21 heavy (non-hydrogen) atoms. The Morgan fingerprint density at radius 1 is 0.857 bits per heavy atom. The highest BCUT2D eigenvalue weighted by atomic mass is 19.1. The average molecular weight is 287 g/mol. The second kappa shape index (κ2) is 6.35. The van der Waals surface area contributed by atoms with Gasteiger partial charge in [-0.15, -0.1) is 0 Å². The fourth-order valence-electron chi connectivity index (χ4n) is 3.02. The Labute approximate surface area is 124 Å². The monoisotopic (exact) mass is 287 g/mol. The molecule has 1 atom stereocenters. The summed E-state index contributed by atoms with van der Waals surface area (Å²) in [5.41, 5.74) is 2.22. The topological polar surface area (TPSA) is 3.24 Å². The van der Waals surface area contributed by atoms with Crippen molar-refractivity contribution in [1.82, 2.24) is 4.90 Å². The average Bonchev–Trinajstić information content (AvgIpc) is 2.52. The van der Waals surface area contributed by atoms with Gasteiger partial charge in [0.15, 0.2) is 0 Å². The van der Waals surface area contributed by atoms with Gasteiger partial charge in [0.2, 0.25) is 0 Å². The van der Waals surface area contributed by atoms with E-state index in [1.807, 2.05) is 30.3 Å². The van der Waals surface area contributed by atoms with Gasteiger partial charge >= 0.3 is 0 Å². The maximum Gasteiger partial charge on any atom is 0.123 e. The van der Waals surface area contributed by atoms with E-state index < -0.39 is 6.17 Å². The molecule has 0 saturated carbocycles. The summed E-state index contributed by atoms with van der Waals surface area (Å²) in [5.74, 6) is -0.229.